The minimum atomic E-state index is -0.414. The molecule has 2 aliphatic rings. The highest BCUT2D eigenvalue weighted by atomic mass is 32.2. The second-order valence-corrected chi connectivity index (χ2v) is 8.09. The van der Waals surface area contributed by atoms with E-state index in [1.807, 2.05) is 18.2 Å². The van der Waals surface area contributed by atoms with Crippen LogP contribution in [0.15, 0.2) is 55.1 Å². The van der Waals surface area contributed by atoms with Crippen LogP contribution in [0, 0.1) is 5.82 Å². The monoisotopic (exact) mass is 398 g/mol. The SMILES string of the molecule is C=CCSC[C@H]1CN(c2ccc(N3CCc4ccccc4C3)c(F)c2)C(=O)O1. The predicted octanol–water partition coefficient (Wildman–Crippen LogP) is 4.63. The molecule has 1 saturated heterocycles. The van der Waals surface area contributed by atoms with Gasteiger partial charge in [0.25, 0.3) is 0 Å². The van der Waals surface area contributed by atoms with Crippen molar-refractivity contribution in [3.63, 3.8) is 0 Å². The number of benzene rings is 2. The van der Waals surface area contributed by atoms with Crippen LogP contribution in [0.1, 0.15) is 11.1 Å². The summed E-state index contributed by atoms with van der Waals surface area (Å²) in [4.78, 5) is 15.8. The average molecular weight is 399 g/mol. The maximum Gasteiger partial charge on any atom is 0.414 e. The molecule has 0 unspecified atom stereocenters. The van der Waals surface area contributed by atoms with Crippen LogP contribution in [0.3, 0.4) is 0 Å². The summed E-state index contributed by atoms with van der Waals surface area (Å²) >= 11 is 1.67. The lowest BCUT2D eigenvalue weighted by Gasteiger charge is -2.31. The Morgan fingerprint density at radius 2 is 2.07 bits per heavy atom. The first-order chi connectivity index (χ1) is 13.7. The van der Waals surface area contributed by atoms with Crippen molar-refractivity contribution in [1.82, 2.24) is 0 Å². The molecule has 146 valence electrons. The highest BCUT2D eigenvalue weighted by Gasteiger charge is 2.32. The fourth-order valence-corrected chi connectivity index (χ4v) is 4.46. The first-order valence-corrected chi connectivity index (χ1v) is 10.6. The van der Waals surface area contributed by atoms with E-state index in [4.69, 9.17) is 4.74 Å². The summed E-state index contributed by atoms with van der Waals surface area (Å²) in [5, 5.41) is 0. The lowest BCUT2D eigenvalue weighted by Crippen LogP contribution is -2.31. The largest absolute Gasteiger partial charge is 0.443 e. The van der Waals surface area contributed by atoms with Crippen LogP contribution in [0.25, 0.3) is 0 Å². The van der Waals surface area contributed by atoms with Crippen molar-refractivity contribution in [2.45, 2.75) is 19.1 Å². The summed E-state index contributed by atoms with van der Waals surface area (Å²) in [7, 11) is 0. The molecule has 0 N–H and O–H groups in total. The molecule has 1 fully saturated rings. The summed E-state index contributed by atoms with van der Waals surface area (Å²) in [5.74, 6) is 1.22. The number of anilines is 2. The van der Waals surface area contributed by atoms with Crippen molar-refractivity contribution in [2.24, 2.45) is 0 Å². The maximum absolute atomic E-state index is 14.9. The zero-order valence-corrected chi connectivity index (χ0v) is 16.5. The molecule has 2 aliphatic heterocycles. The van der Waals surface area contributed by atoms with E-state index in [1.54, 1.807) is 23.9 Å². The Hall–Kier alpha value is -2.47. The number of carbonyl (C=O) groups excluding carboxylic acids is 1. The summed E-state index contributed by atoms with van der Waals surface area (Å²) in [6.45, 7) is 5.60. The van der Waals surface area contributed by atoms with Crippen LogP contribution in [-0.4, -0.2) is 36.8 Å². The second-order valence-electron chi connectivity index (χ2n) is 7.02. The van der Waals surface area contributed by atoms with Crippen molar-refractivity contribution in [3.8, 4) is 0 Å². The standard InChI is InChI=1S/C22H23FN2O2S/c1-2-11-28-15-19-14-25(22(26)27-19)18-7-8-21(20(23)12-18)24-10-9-16-5-3-4-6-17(16)13-24/h2-8,12,19H,1,9-11,13-15H2/t19-/m1/s1. The van der Waals surface area contributed by atoms with Crippen LogP contribution >= 0.6 is 11.8 Å². The number of nitrogens with zero attached hydrogens (tertiary/aromatic N) is 2. The first kappa shape index (κ1) is 18.9. The topological polar surface area (TPSA) is 32.8 Å². The number of amides is 1. The molecule has 0 aromatic heterocycles. The Balaban J connectivity index is 1.46. The number of fused-ring (bicyclic) bond motifs is 1. The quantitative estimate of drug-likeness (QED) is 0.525. The van der Waals surface area contributed by atoms with Gasteiger partial charge in [0, 0.05) is 24.6 Å². The van der Waals surface area contributed by atoms with E-state index in [0.717, 1.165) is 18.7 Å². The Morgan fingerprint density at radius 1 is 1.25 bits per heavy atom. The van der Waals surface area contributed by atoms with E-state index in [0.29, 0.717) is 30.2 Å². The number of ether oxygens (including phenoxy) is 1. The van der Waals surface area contributed by atoms with Gasteiger partial charge in [-0.25, -0.2) is 9.18 Å². The van der Waals surface area contributed by atoms with Gasteiger partial charge in [-0.15, -0.1) is 6.58 Å². The number of cyclic esters (lactones) is 1. The molecule has 28 heavy (non-hydrogen) atoms. The van der Waals surface area contributed by atoms with Crippen LogP contribution in [0.5, 0.6) is 0 Å². The molecular formula is C22H23FN2O2S. The first-order valence-electron chi connectivity index (χ1n) is 9.44. The van der Waals surface area contributed by atoms with Crippen LogP contribution < -0.4 is 9.80 Å². The van der Waals surface area contributed by atoms with Gasteiger partial charge in [-0.05, 0) is 35.7 Å². The highest BCUT2D eigenvalue weighted by molar-refractivity contribution is 7.99. The highest BCUT2D eigenvalue weighted by Crippen LogP contribution is 2.31. The molecular weight excluding hydrogens is 375 g/mol. The zero-order valence-electron chi connectivity index (χ0n) is 15.6. The van der Waals surface area contributed by atoms with E-state index < -0.39 is 6.09 Å². The van der Waals surface area contributed by atoms with Crippen molar-refractivity contribution in [2.75, 3.05) is 34.4 Å². The van der Waals surface area contributed by atoms with Crippen LogP contribution in [-0.2, 0) is 17.7 Å². The maximum atomic E-state index is 14.9. The molecule has 0 spiro atoms. The number of thioether (sulfide) groups is 1. The molecule has 2 aromatic carbocycles. The Bertz CT molecular complexity index is 889. The fourth-order valence-electron chi connectivity index (χ4n) is 3.72. The Kier molecular flexibility index (Phi) is 5.57. The van der Waals surface area contributed by atoms with E-state index in [-0.39, 0.29) is 11.9 Å². The number of hydrogen-bond donors (Lipinski definition) is 0. The Morgan fingerprint density at radius 3 is 2.86 bits per heavy atom. The lowest BCUT2D eigenvalue weighted by molar-refractivity contribution is 0.151. The summed E-state index contributed by atoms with van der Waals surface area (Å²) in [6, 6.07) is 13.3. The van der Waals surface area contributed by atoms with E-state index in [1.165, 1.54) is 22.1 Å². The third-order valence-corrected chi connectivity index (χ3v) is 6.21. The molecule has 6 heteroatoms. The zero-order chi connectivity index (χ0) is 19.5. The third kappa shape index (κ3) is 3.87. The van der Waals surface area contributed by atoms with Gasteiger partial charge in [0.05, 0.1) is 17.9 Å². The van der Waals surface area contributed by atoms with Crippen LogP contribution in [0.2, 0.25) is 0 Å². The number of halogens is 1. The van der Waals surface area contributed by atoms with Gasteiger partial charge >= 0.3 is 6.09 Å². The average Bonchev–Trinajstić information content (AvgIpc) is 3.08. The summed E-state index contributed by atoms with van der Waals surface area (Å²) in [5.41, 5.74) is 3.68. The second kappa shape index (κ2) is 8.27. The summed E-state index contributed by atoms with van der Waals surface area (Å²) in [6.07, 6.45) is 2.13. The molecule has 0 aliphatic carbocycles. The van der Waals surface area contributed by atoms with Gasteiger partial charge in [0.2, 0.25) is 0 Å². The van der Waals surface area contributed by atoms with Crippen LogP contribution in [0.4, 0.5) is 20.6 Å². The van der Waals surface area contributed by atoms with Gasteiger partial charge in [0.1, 0.15) is 11.9 Å². The molecule has 4 rings (SSSR count). The van der Waals surface area contributed by atoms with Gasteiger partial charge in [0.15, 0.2) is 0 Å². The fraction of sp³-hybridized carbons (Fsp3) is 0.318. The molecule has 2 heterocycles. The molecule has 1 atom stereocenters. The number of rotatable bonds is 6. The molecule has 2 aromatic rings. The van der Waals surface area contributed by atoms with Gasteiger partial charge < -0.3 is 9.64 Å². The summed E-state index contributed by atoms with van der Waals surface area (Å²) < 4.78 is 20.3. The Labute approximate surface area is 169 Å². The van der Waals surface area contributed by atoms with Gasteiger partial charge in [-0.2, -0.15) is 11.8 Å². The van der Waals surface area contributed by atoms with E-state index >= 15 is 0 Å². The number of carbonyl (C=O) groups is 1. The normalized spacial score (nSPS) is 18.8. The van der Waals surface area contributed by atoms with Crippen molar-refractivity contribution in [1.29, 1.82) is 0 Å². The predicted molar refractivity (Wildman–Crippen MR) is 113 cm³/mol. The minimum absolute atomic E-state index is 0.182. The minimum Gasteiger partial charge on any atom is -0.443 e. The van der Waals surface area contributed by atoms with Gasteiger partial charge in [-0.3, -0.25) is 4.90 Å². The van der Waals surface area contributed by atoms with E-state index in [2.05, 4.69) is 23.6 Å². The van der Waals surface area contributed by atoms with Crippen molar-refractivity contribution >= 4 is 29.2 Å². The number of hydrogen-bond acceptors (Lipinski definition) is 4. The molecule has 0 radical (unpaired) electrons. The van der Waals surface area contributed by atoms with Crippen molar-refractivity contribution < 1.29 is 13.9 Å². The lowest BCUT2D eigenvalue weighted by atomic mass is 9.99. The van der Waals surface area contributed by atoms with Crippen molar-refractivity contribution in [3.05, 3.63) is 72.1 Å². The molecule has 0 saturated carbocycles. The molecule has 1 amide bonds. The van der Waals surface area contributed by atoms with E-state index in [9.17, 15) is 9.18 Å². The van der Waals surface area contributed by atoms with Gasteiger partial charge in [-0.1, -0.05) is 30.3 Å². The molecule has 4 nitrogen and oxygen atoms in total. The smallest absolute Gasteiger partial charge is 0.414 e. The third-order valence-electron chi connectivity index (χ3n) is 5.13. The molecule has 0 bridgehead atoms.